The third-order valence-electron chi connectivity index (χ3n) is 2.08. The molecule has 0 heterocycles. The Labute approximate surface area is 95.2 Å². The van der Waals surface area contributed by atoms with Crippen LogP contribution in [0.2, 0.25) is 0 Å². The van der Waals surface area contributed by atoms with Crippen LogP contribution in [0.25, 0.3) is 6.08 Å². The van der Waals surface area contributed by atoms with E-state index >= 15 is 0 Å². The molecule has 0 aromatic heterocycles. The summed E-state index contributed by atoms with van der Waals surface area (Å²) in [7, 11) is 1.52. The molecule has 0 atom stereocenters. The van der Waals surface area contributed by atoms with Gasteiger partial charge in [-0.05, 0) is 24.6 Å². The number of benzene rings is 1. The topological polar surface area (TPSA) is 52.3 Å². The Kier molecular flexibility index (Phi) is 4.33. The van der Waals surface area contributed by atoms with Gasteiger partial charge in [0.1, 0.15) is 5.75 Å². The molecule has 3 nitrogen and oxygen atoms in total. The number of methoxy groups -OCH3 is 1. The van der Waals surface area contributed by atoms with Crippen LogP contribution in [0.3, 0.4) is 0 Å². The van der Waals surface area contributed by atoms with Crippen LogP contribution < -0.4 is 10.5 Å². The second kappa shape index (κ2) is 5.75. The predicted octanol–water partition coefficient (Wildman–Crippen LogP) is 2.38. The molecule has 1 rings (SSSR count). The van der Waals surface area contributed by atoms with Gasteiger partial charge in [-0.3, -0.25) is 4.79 Å². The normalized spacial score (nSPS) is 11.1. The molecule has 3 heteroatoms. The number of rotatable bonds is 4. The van der Waals surface area contributed by atoms with Gasteiger partial charge in [-0.15, -0.1) is 0 Å². The van der Waals surface area contributed by atoms with Gasteiger partial charge in [-0.1, -0.05) is 30.4 Å². The van der Waals surface area contributed by atoms with E-state index in [1.165, 1.54) is 7.11 Å². The van der Waals surface area contributed by atoms with Crippen LogP contribution in [0.15, 0.2) is 36.4 Å². The molecule has 84 valence electrons. The average molecular weight is 217 g/mol. The number of nitrogens with two attached hydrogens (primary N) is 1. The summed E-state index contributed by atoms with van der Waals surface area (Å²) in [6.07, 6.45) is 7.70. The molecule has 0 fully saturated rings. The zero-order chi connectivity index (χ0) is 12.0. The van der Waals surface area contributed by atoms with Gasteiger partial charge in [-0.2, -0.15) is 0 Å². The standard InChI is InChI=1S/C13H15NO2/c1-3-4-5-6-10-7-8-11(13(14)15)12(9-10)16-2/h3-9H,1-2H3,(H2,14,15)/b4-3-,6-5-. The number of allylic oxidation sites excluding steroid dienone is 3. The van der Waals surface area contributed by atoms with Crippen LogP contribution in [-0.4, -0.2) is 13.0 Å². The van der Waals surface area contributed by atoms with Gasteiger partial charge in [0.05, 0.1) is 12.7 Å². The lowest BCUT2D eigenvalue weighted by Crippen LogP contribution is -2.12. The summed E-state index contributed by atoms with van der Waals surface area (Å²) in [5, 5.41) is 0. The first-order valence-corrected chi connectivity index (χ1v) is 4.96. The molecule has 1 aromatic carbocycles. The molecule has 0 aliphatic rings. The first-order valence-electron chi connectivity index (χ1n) is 4.96. The molecule has 16 heavy (non-hydrogen) atoms. The number of hydrogen-bond acceptors (Lipinski definition) is 2. The molecule has 0 aliphatic carbocycles. The summed E-state index contributed by atoms with van der Waals surface area (Å²) >= 11 is 0. The summed E-state index contributed by atoms with van der Waals surface area (Å²) in [6.45, 7) is 1.95. The van der Waals surface area contributed by atoms with E-state index in [2.05, 4.69) is 0 Å². The third kappa shape index (κ3) is 2.98. The number of primary amides is 1. The van der Waals surface area contributed by atoms with E-state index in [1.54, 1.807) is 12.1 Å². The zero-order valence-corrected chi connectivity index (χ0v) is 9.44. The Morgan fingerprint density at radius 1 is 1.38 bits per heavy atom. The van der Waals surface area contributed by atoms with Crippen LogP contribution in [0.5, 0.6) is 5.75 Å². The van der Waals surface area contributed by atoms with Crippen molar-refractivity contribution in [1.82, 2.24) is 0 Å². The van der Waals surface area contributed by atoms with Gasteiger partial charge in [0.25, 0.3) is 5.91 Å². The SMILES string of the molecule is C/C=C\C=C/c1ccc(C(N)=O)c(OC)c1. The van der Waals surface area contributed by atoms with Crippen molar-refractivity contribution in [3.8, 4) is 5.75 Å². The van der Waals surface area contributed by atoms with Gasteiger partial charge in [-0.25, -0.2) is 0 Å². The van der Waals surface area contributed by atoms with Crippen molar-refractivity contribution in [3.63, 3.8) is 0 Å². The van der Waals surface area contributed by atoms with Crippen LogP contribution in [0, 0.1) is 0 Å². The highest BCUT2D eigenvalue weighted by molar-refractivity contribution is 5.95. The Morgan fingerprint density at radius 3 is 2.69 bits per heavy atom. The van der Waals surface area contributed by atoms with Crippen molar-refractivity contribution >= 4 is 12.0 Å². The number of hydrogen-bond donors (Lipinski definition) is 1. The Morgan fingerprint density at radius 2 is 2.12 bits per heavy atom. The van der Waals surface area contributed by atoms with E-state index < -0.39 is 5.91 Å². The van der Waals surface area contributed by atoms with E-state index in [0.29, 0.717) is 11.3 Å². The highest BCUT2D eigenvalue weighted by Crippen LogP contribution is 2.20. The monoisotopic (exact) mass is 217 g/mol. The average Bonchev–Trinajstić information content (AvgIpc) is 2.29. The fourth-order valence-corrected chi connectivity index (χ4v) is 1.29. The van der Waals surface area contributed by atoms with Crippen LogP contribution in [0.4, 0.5) is 0 Å². The molecule has 2 N–H and O–H groups in total. The van der Waals surface area contributed by atoms with Crippen LogP contribution in [0.1, 0.15) is 22.8 Å². The summed E-state index contributed by atoms with van der Waals surface area (Å²) in [6, 6.07) is 5.26. The summed E-state index contributed by atoms with van der Waals surface area (Å²) in [4.78, 5) is 11.1. The van der Waals surface area contributed by atoms with Crippen molar-refractivity contribution in [1.29, 1.82) is 0 Å². The lowest BCUT2D eigenvalue weighted by atomic mass is 10.1. The van der Waals surface area contributed by atoms with E-state index in [4.69, 9.17) is 10.5 Å². The van der Waals surface area contributed by atoms with Crippen molar-refractivity contribution in [2.75, 3.05) is 7.11 Å². The fraction of sp³-hybridized carbons (Fsp3) is 0.154. The predicted molar refractivity (Wildman–Crippen MR) is 65.4 cm³/mol. The van der Waals surface area contributed by atoms with Gasteiger partial charge < -0.3 is 10.5 Å². The largest absolute Gasteiger partial charge is 0.496 e. The molecular weight excluding hydrogens is 202 g/mol. The maximum Gasteiger partial charge on any atom is 0.252 e. The molecule has 1 aromatic rings. The number of carbonyl (C=O) groups excluding carboxylic acids is 1. The number of amides is 1. The zero-order valence-electron chi connectivity index (χ0n) is 9.44. The molecule has 0 saturated carbocycles. The number of ether oxygens (including phenoxy) is 1. The maximum absolute atomic E-state index is 11.1. The van der Waals surface area contributed by atoms with Gasteiger partial charge >= 0.3 is 0 Å². The van der Waals surface area contributed by atoms with E-state index in [-0.39, 0.29) is 0 Å². The summed E-state index contributed by atoms with van der Waals surface area (Å²) in [5.74, 6) is 0.0101. The molecule has 0 aliphatic heterocycles. The third-order valence-corrected chi connectivity index (χ3v) is 2.08. The first kappa shape index (κ1) is 12.0. The molecule has 0 unspecified atom stereocenters. The molecular formula is C13H15NO2. The number of carbonyl (C=O) groups is 1. The summed E-state index contributed by atoms with van der Waals surface area (Å²) < 4.78 is 5.10. The highest BCUT2D eigenvalue weighted by atomic mass is 16.5. The Hall–Kier alpha value is -2.03. The van der Waals surface area contributed by atoms with Crippen molar-refractivity contribution in [3.05, 3.63) is 47.6 Å². The minimum Gasteiger partial charge on any atom is -0.496 e. The van der Waals surface area contributed by atoms with Crippen molar-refractivity contribution in [2.24, 2.45) is 5.73 Å². The second-order valence-corrected chi connectivity index (χ2v) is 3.21. The first-order chi connectivity index (χ1) is 7.69. The Bertz CT molecular complexity index is 434. The molecule has 0 radical (unpaired) electrons. The minimum atomic E-state index is -0.485. The van der Waals surface area contributed by atoms with E-state index in [0.717, 1.165) is 5.56 Å². The summed E-state index contributed by atoms with van der Waals surface area (Å²) in [5.41, 5.74) is 6.57. The van der Waals surface area contributed by atoms with Gasteiger partial charge in [0.15, 0.2) is 0 Å². The van der Waals surface area contributed by atoms with Crippen LogP contribution in [-0.2, 0) is 0 Å². The minimum absolute atomic E-state index is 0.394. The van der Waals surface area contributed by atoms with Crippen molar-refractivity contribution < 1.29 is 9.53 Å². The molecule has 1 amide bonds. The molecule has 0 saturated heterocycles. The lowest BCUT2D eigenvalue weighted by molar-refractivity contribution is 0.0997. The van der Waals surface area contributed by atoms with Crippen molar-refractivity contribution in [2.45, 2.75) is 6.92 Å². The van der Waals surface area contributed by atoms with Crippen LogP contribution >= 0.6 is 0 Å². The van der Waals surface area contributed by atoms with Gasteiger partial charge in [0.2, 0.25) is 0 Å². The highest BCUT2D eigenvalue weighted by Gasteiger charge is 2.07. The molecule has 0 spiro atoms. The molecule has 0 bridgehead atoms. The maximum atomic E-state index is 11.1. The van der Waals surface area contributed by atoms with E-state index in [9.17, 15) is 4.79 Å². The van der Waals surface area contributed by atoms with Gasteiger partial charge in [0, 0.05) is 0 Å². The lowest BCUT2D eigenvalue weighted by Gasteiger charge is -2.05. The quantitative estimate of drug-likeness (QED) is 0.787. The Balaban J connectivity index is 3.04. The second-order valence-electron chi connectivity index (χ2n) is 3.21. The smallest absolute Gasteiger partial charge is 0.252 e. The fourth-order valence-electron chi connectivity index (χ4n) is 1.29. The van der Waals surface area contributed by atoms with E-state index in [1.807, 2.05) is 37.3 Å².